The van der Waals surface area contributed by atoms with Gasteiger partial charge in [0, 0.05) is 14.1 Å². The average molecular weight is 174 g/mol. The molecule has 0 aromatic rings. The summed E-state index contributed by atoms with van der Waals surface area (Å²) in [6.07, 6.45) is -2.96. The molecule has 0 radical (unpaired) electrons. The predicted octanol–water partition coefficient (Wildman–Crippen LogP) is -2.45. The van der Waals surface area contributed by atoms with E-state index in [9.17, 15) is 9.59 Å². The molecular weight excluding hydrogens is 164 g/mol. The lowest BCUT2D eigenvalue weighted by atomic mass is 10.3. The topological polar surface area (TPSA) is 81.1 Å². The van der Waals surface area contributed by atoms with Crippen LogP contribution < -0.4 is 0 Å². The predicted molar refractivity (Wildman–Crippen MR) is 37.6 cm³/mol. The van der Waals surface area contributed by atoms with Crippen molar-refractivity contribution in [1.82, 2.24) is 9.80 Å². The molecule has 0 bridgehead atoms. The van der Waals surface area contributed by atoms with E-state index in [4.69, 9.17) is 10.2 Å². The summed E-state index contributed by atoms with van der Waals surface area (Å²) >= 11 is 0. The third kappa shape index (κ3) is 1.05. The van der Waals surface area contributed by atoms with Crippen molar-refractivity contribution in [3.8, 4) is 0 Å². The molecule has 2 amide bonds. The van der Waals surface area contributed by atoms with Crippen LogP contribution in [0.1, 0.15) is 0 Å². The van der Waals surface area contributed by atoms with E-state index in [0.29, 0.717) is 0 Å². The Bertz CT molecular complexity index is 186. The monoisotopic (exact) mass is 174 g/mol. The van der Waals surface area contributed by atoms with Crippen LogP contribution in [0.25, 0.3) is 0 Å². The molecule has 0 unspecified atom stereocenters. The van der Waals surface area contributed by atoms with Crippen LogP contribution in [0.15, 0.2) is 0 Å². The maximum Gasteiger partial charge on any atom is 0.274 e. The number of rotatable bonds is 0. The van der Waals surface area contributed by atoms with Gasteiger partial charge in [0.25, 0.3) is 11.8 Å². The van der Waals surface area contributed by atoms with E-state index in [1.807, 2.05) is 0 Å². The minimum Gasteiger partial charge on any atom is -0.365 e. The highest BCUT2D eigenvalue weighted by molar-refractivity contribution is 5.94. The number of aliphatic hydroxyl groups is 2. The Morgan fingerprint density at radius 2 is 1.25 bits per heavy atom. The van der Waals surface area contributed by atoms with Gasteiger partial charge in [-0.3, -0.25) is 9.59 Å². The Hall–Kier alpha value is -1.14. The molecule has 1 heterocycles. The molecule has 1 rings (SSSR count). The third-order valence-electron chi connectivity index (χ3n) is 1.87. The molecule has 6 nitrogen and oxygen atoms in total. The second kappa shape index (κ2) is 2.72. The van der Waals surface area contributed by atoms with Gasteiger partial charge in [0.05, 0.1) is 0 Å². The zero-order chi connectivity index (χ0) is 9.46. The SMILES string of the molecule is CN1C(=O)[C@H](O)N(C)C(=O)[C@H]1O. The van der Waals surface area contributed by atoms with E-state index in [1.54, 1.807) is 0 Å². The van der Waals surface area contributed by atoms with Crippen molar-refractivity contribution in [2.45, 2.75) is 12.5 Å². The van der Waals surface area contributed by atoms with Crippen molar-refractivity contribution in [1.29, 1.82) is 0 Å². The van der Waals surface area contributed by atoms with Crippen LogP contribution in [-0.4, -0.2) is 58.4 Å². The van der Waals surface area contributed by atoms with E-state index in [1.165, 1.54) is 14.1 Å². The Balaban J connectivity index is 2.91. The molecule has 68 valence electrons. The first kappa shape index (κ1) is 8.95. The molecule has 1 aliphatic rings. The molecule has 0 aliphatic carbocycles. The Morgan fingerprint density at radius 1 is 1.00 bits per heavy atom. The molecule has 0 spiro atoms. The van der Waals surface area contributed by atoms with Gasteiger partial charge in [-0.1, -0.05) is 0 Å². The summed E-state index contributed by atoms with van der Waals surface area (Å²) in [7, 11) is 2.50. The van der Waals surface area contributed by atoms with Gasteiger partial charge in [-0.05, 0) is 0 Å². The number of hydrogen-bond donors (Lipinski definition) is 2. The summed E-state index contributed by atoms with van der Waals surface area (Å²) in [6.45, 7) is 0. The fraction of sp³-hybridized carbons (Fsp3) is 0.667. The fourth-order valence-corrected chi connectivity index (χ4v) is 0.937. The van der Waals surface area contributed by atoms with E-state index in [-0.39, 0.29) is 0 Å². The number of likely N-dealkylation sites (N-methyl/N-ethyl adjacent to an activating group) is 2. The van der Waals surface area contributed by atoms with Gasteiger partial charge in [-0.15, -0.1) is 0 Å². The van der Waals surface area contributed by atoms with Crippen LogP contribution in [0.3, 0.4) is 0 Å². The Morgan fingerprint density at radius 3 is 1.50 bits per heavy atom. The zero-order valence-corrected chi connectivity index (χ0v) is 6.76. The van der Waals surface area contributed by atoms with Crippen molar-refractivity contribution in [3.05, 3.63) is 0 Å². The second-order valence-corrected chi connectivity index (χ2v) is 2.65. The van der Waals surface area contributed by atoms with Crippen LogP contribution in [0, 0.1) is 0 Å². The van der Waals surface area contributed by atoms with Crippen LogP contribution >= 0.6 is 0 Å². The Labute approximate surface area is 69.0 Å². The molecule has 2 atom stereocenters. The van der Waals surface area contributed by atoms with E-state index in [0.717, 1.165) is 9.80 Å². The van der Waals surface area contributed by atoms with Crippen LogP contribution in [0.2, 0.25) is 0 Å². The fourth-order valence-electron chi connectivity index (χ4n) is 0.937. The number of carbonyl (C=O) groups is 2. The molecule has 1 aliphatic heterocycles. The first-order chi connectivity index (χ1) is 5.46. The van der Waals surface area contributed by atoms with Gasteiger partial charge >= 0.3 is 0 Å². The number of hydrogen-bond acceptors (Lipinski definition) is 4. The lowest BCUT2D eigenvalue weighted by Crippen LogP contribution is -2.62. The van der Waals surface area contributed by atoms with E-state index < -0.39 is 24.3 Å². The van der Waals surface area contributed by atoms with Gasteiger partial charge < -0.3 is 20.0 Å². The lowest BCUT2D eigenvalue weighted by molar-refractivity contribution is -0.186. The lowest BCUT2D eigenvalue weighted by Gasteiger charge is -2.36. The first-order valence-electron chi connectivity index (χ1n) is 3.36. The van der Waals surface area contributed by atoms with Crippen molar-refractivity contribution in [3.63, 3.8) is 0 Å². The Kier molecular flexibility index (Phi) is 2.03. The molecule has 6 heteroatoms. The van der Waals surface area contributed by atoms with Crippen LogP contribution in [-0.2, 0) is 9.59 Å². The van der Waals surface area contributed by atoms with Crippen LogP contribution in [0.5, 0.6) is 0 Å². The highest BCUT2D eigenvalue weighted by Gasteiger charge is 2.40. The zero-order valence-electron chi connectivity index (χ0n) is 6.76. The molecular formula is C6H10N2O4. The van der Waals surface area contributed by atoms with Gasteiger partial charge in [-0.2, -0.15) is 0 Å². The molecule has 0 aromatic heterocycles. The van der Waals surface area contributed by atoms with E-state index >= 15 is 0 Å². The summed E-state index contributed by atoms with van der Waals surface area (Å²) in [6, 6.07) is 0. The minimum absolute atomic E-state index is 0.690. The smallest absolute Gasteiger partial charge is 0.274 e. The molecule has 1 saturated heterocycles. The van der Waals surface area contributed by atoms with Gasteiger partial charge in [-0.25, -0.2) is 0 Å². The normalized spacial score (nSPS) is 31.3. The standard InChI is InChI=1S/C6H10N2O4/c1-7-3(9)5(11)8(2)6(12)4(7)10/h3,6,9,12H,1-2H3/t3-,6+. The first-order valence-corrected chi connectivity index (χ1v) is 3.36. The summed E-state index contributed by atoms with van der Waals surface area (Å²) in [4.78, 5) is 23.6. The minimum atomic E-state index is -1.48. The number of aliphatic hydroxyl groups excluding tert-OH is 2. The highest BCUT2D eigenvalue weighted by atomic mass is 16.3. The van der Waals surface area contributed by atoms with Gasteiger partial charge in [0.1, 0.15) is 0 Å². The van der Waals surface area contributed by atoms with Crippen LogP contribution in [0.4, 0.5) is 0 Å². The maximum atomic E-state index is 11.0. The molecule has 1 fully saturated rings. The van der Waals surface area contributed by atoms with Crippen molar-refractivity contribution in [2.24, 2.45) is 0 Å². The van der Waals surface area contributed by atoms with Crippen molar-refractivity contribution < 1.29 is 19.8 Å². The largest absolute Gasteiger partial charge is 0.365 e. The number of nitrogens with zero attached hydrogens (tertiary/aromatic N) is 2. The number of amides is 2. The third-order valence-corrected chi connectivity index (χ3v) is 1.87. The van der Waals surface area contributed by atoms with E-state index in [2.05, 4.69) is 0 Å². The average Bonchev–Trinajstić information content (AvgIpc) is 2.08. The quantitative estimate of drug-likeness (QED) is 0.427. The van der Waals surface area contributed by atoms with Gasteiger partial charge in [0.2, 0.25) is 12.5 Å². The van der Waals surface area contributed by atoms with Crippen molar-refractivity contribution >= 4 is 11.8 Å². The maximum absolute atomic E-state index is 11.0. The second-order valence-electron chi connectivity index (χ2n) is 2.65. The summed E-state index contributed by atoms with van der Waals surface area (Å²) in [5.74, 6) is -1.38. The molecule has 12 heavy (non-hydrogen) atoms. The summed E-state index contributed by atoms with van der Waals surface area (Å²) in [5, 5.41) is 18.2. The molecule has 0 saturated carbocycles. The molecule has 2 N–H and O–H groups in total. The number of piperazine rings is 1. The number of carbonyl (C=O) groups excluding carboxylic acids is 2. The summed E-state index contributed by atoms with van der Waals surface area (Å²) < 4.78 is 0. The summed E-state index contributed by atoms with van der Waals surface area (Å²) in [5.41, 5.74) is 0. The molecule has 0 aromatic carbocycles. The van der Waals surface area contributed by atoms with Crippen molar-refractivity contribution in [2.75, 3.05) is 14.1 Å². The highest BCUT2D eigenvalue weighted by Crippen LogP contribution is 2.10. The van der Waals surface area contributed by atoms with Gasteiger partial charge in [0.15, 0.2) is 0 Å².